The van der Waals surface area contributed by atoms with E-state index in [0.29, 0.717) is 0 Å². The van der Waals surface area contributed by atoms with Gasteiger partial charge in [-0.15, -0.1) is 0 Å². The topological polar surface area (TPSA) is 126 Å². The Morgan fingerprint density at radius 2 is 2.13 bits per heavy atom. The number of nitrogens with zero attached hydrogens (tertiary/aromatic N) is 2. The number of aliphatic hydroxyl groups excluding tert-OH is 2. The van der Waals surface area contributed by atoms with Gasteiger partial charge in [-0.05, 0) is 0 Å². The van der Waals surface area contributed by atoms with Crippen LogP contribution < -0.4 is 11.2 Å². The summed E-state index contributed by atoms with van der Waals surface area (Å²) in [6.07, 6.45) is -2.61. The number of hydroxylamine groups is 2. The number of hydrogen-bond donors (Lipinski definition) is 3. The molecule has 0 bridgehead atoms. The summed E-state index contributed by atoms with van der Waals surface area (Å²) in [5.74, 6) is 0. The Morgan fingerprint density at radius 1 is 1.39 bits per heavy atom. The maximum atomic E-state index is 11.9. The second kappa shape index (κ2) is 7.81. The minimum absolute atomic E-state index is 0.149. The van der Waals surface area contributed by atoms with Crippen molar-refractivity contribution < 1.29 is 24.5 Å². The van der Waals surface area contributed by atoms with Crippen LogP contribution in [0.25, 0.3) is 0 Å². The fourth-order valence-corrected chi connectivity index (χ4v) is 2.30. The Hall–Kier alpha value is -1.56. The van der Waals surface area contributed by atoms with Crippen molar-refractivity contribution in [3.63, 3.8) is 0 Å². The number of aromatic nitrogens is 2. The normalized spacial score (nSPS) is 27.7. The molecule has 2 heterocycles. The van der Waals surface area contributed by atoms with Gasteiger partial charge in [0.25, 0.3) is 5.56 Å². The lowest BCUT2D eigenvalue weighted by atomic mass is 10.1. The number of H-pyrrole nitrogens is 1. The van der Waals surface area contributed by atoms with Crippen molar-refractivity contribution in [2.75, 3.05) is 33.9 Å². The lowest BCUT2D eigenvalue weighted by molar-refractivity contribution is -0.151. The summed E-state index contributed by atoms with van der Waals surface area (Å²) in [5.41, 5.74) is -1.23. The van der Waals surface area contributed by atoms with E-state index in [0.717, 1.165) is 10.6 Å². The molecule has 23 heavy (non-hydrogen) atoms. The number of rotatable bonds is 7. The maximum Gasteiger partial charge on any atom is 0.330 e. The van der Waals surface area contributed by atoms with E-state index in [1.807, 2.05) is 0 Å². The van der Waals surface area contributed by atoms with Crippen molar-refractivity contribution in [1.29, 1.82) is 0 Å². The van der Waals surface area contributed by atoms with Gasteiger partial charge in [-0.25, -0.2) is 4.79 Å². The first-order chi connectivity index (χ1) is 10.9. The molecule has 1 saturated heterocycles. The van der Waals surface area contributed by atoms with E-state index in [9.17, 15) is 19.8 Å². The largest absolute Gasteiger partial charge is 0.394 e. The van der Waals surface area contributed by atoms with E-state index in [-0.39, 0.29) is 13.2 Å². The second-order valence-corrected chi connectivity index (χ2v) is 5.24. The summed E-state index contributed by atoms with van der Waals surface area (Å²) >= 11 is 0. The second-order valence-electron chi connectivity index (χ2n) is 5.24. The summed E-state index contributed by atoms with van der Waals surface area (Å²) in [6, 6.07) is 1.16. The predicted molar refractivity (Wildman–Crippen MR) is 77.7 cm³/mol. The van der Waals surface area contributed by atoms with Crippen molar-refractivity contribution in [1.82, 2.24) is 14.6 Å². The molecule has 1 aliphatic rings. The van der Waals surface area contributed by atoms with Crippen LogP contribution >= 0.6 is 0 Å². The van der Waals surface area contributed by atoms with E-state index >= 15 is 0 Å². The van der Waals surface area contributed by atoms with Gasteiger partial charge >= 0.3 is 5.69 Å². The van der Waals surface area contributed by atoms with Gasteiger partial charge in [0.1, 0.15) is 18.3 Å². The van der Waals surface area contributed by atoms with Gasteiger partial charge in [0, 0.05) is 26.4 Å². The molecule has 1 fully saturated rings. The van der Waals surface area contributed by atoms with Gasteiger partial charge in [-0.1, -0.05) is 0 Å². The predicted octanol–water partition coefficient (Wildman–Crippen LogP) is -2.33. The molecule has 2 rings (SSSR count). The lowest BCUT2D eigenvalue weighted by Crippen LogP contribution is -2.40. The Kier molecular flexibility index (Phi) is 6.04. The van der Waals surface area contributed by atoms with Crippen molar-refractivity contribution in [2.24, 2.45) is 0 Å². The molecule has 10 heteroatoms. The van der Waals surface area contributed by atoms with Crippen molar-refractivity contribution in [3.05, 3.63) is 33.1 Å². The SMILES string of the molecule is CN(C)OCCOC1C(O)[C@H](CO)O[C@@H]1n1ccc(=O)[nH]c1=O. The maximum absolute atomic E-state index is 11.9. The van der Waals surface area contributed by atoms with Crippen LogP contribution in [0.4, 0.5) is 0 Å². The van der Waals surface area contributed by atoms with Crippen LogP contribution in [0.1, 0.15) is 6.23 Å². The van der Waals surface area contributed by atoms with Crippen LogP contribution in [-0.2, 0) is 14.3 Å². The fourth-order valence-electron chi connectivity index (χ4n) is 2.30. The molecular weight excluding hydrogens is 310 g/mol. The molecule has 1 aliphatic heterocycles. The quantitative estimate of drug-likeness (QED) is 0.375. The molecule has 1 aromatic rings. The first-order valence-electron chi connectivity index (χ1n) is 7.11. The molecule has 130 valence electrons. The van der Waals surface area contributed by atoms with Crippen molar-refractivity contribution in [3.8, 4) is 0 Å². The molecular formula is C13H21N3O7. The Morgan fingerprint density at radius 3 is 2.74 bits per heavy atom. The number of nitrogens with one attached hydrogen (secondary N) is 1. The molecule has 0 aliphatic carbocycles. The summed E-state index contributed by atoms with van der Waals surface area (Å²) in [4.78, 5) is 30.3. The Labute approximate surface area is 131 Å². The standard InChI is InChI=1S/C13H21N3O7/c1-15(2)22-6-5-21-11-10(19)8(7-17)23-12(11)16-4-3-9(18)14-13(16)20/h3-4,8,10-12,17,19H,5-7H2,1-2H3,(H,14,18,20)/t8-,10?,11?,12-/m0/s1. The fraction of sp³-hybridized carbons (Fsp3) is 0.692. The van der Waals surface area contributed by atoms with Gasteiger partial charge in [-0.2, -0.15) is 5.06 Å². The molecule has 0 saturated carbocycles. The van der Waals surface area contributed by atoms with Crippen LogP contribution in [0.2, 0.25) is 0 Å². The molecule has 0 spiro atoms. The van der Waals surface area contributed by atoms with Crippen LogP contribution in [0.15, 0.2) is 21.9 Å². The highest BCUT2D eigenvalue weighted by atomic mass is 16.7. The molecule has 3 N–H and O–H groups in total. The molecule has 10 nitrogen and oxygen atoms in total. The summed E-state index contributed by atoms with van der Waals surface area (Å²) in [7, 11) is 3.44. The minimum atomic E-state index is -1.12. The van der Waals surface area contributed by atoms with Gasteiger partial charge in [0.15, 0.2) is 6.23 Å². The Bertz CT molecular complexity index is 614. The highest BCUT2D eigenvalue weighted by Crippen LogP contribution is 2.30. The highest BCUT2D eigenvalue weighted by Gasteiger charge is 2.45. The third kappa shape index (κ3) is 4.25. The van der Waals surface area contributed by atoms with E-state index < -0.39 is 42.4 Å². The highest BCUT2D eigenvalue weighted by molar-refractivity contribution is 4.93. The molecule has 1 aromatic heterocycles. The number of aliphatic hydroxyl groups is 2. The van der Waals surface area contributed by atoms with Gasteiger partial charge in [-0.3, -0.25) is 19.2 Å². The van der Waals surface area contributed by atoms with E-state index in [1.54, 1.807) is 14.1 Å². The smallest absolute Gasteiger partial charge is 0.330 e. The lowest BCUT2D eigenvalue weighted by Gasteiger charge is -2.22. The summed E-state index contributed by atoms with van der Waals surface area (Å²) in [6.45, 7) is -0.0346. The average molecular weight is 331 g/mol. The molecule has 4 atom stereocenters. The van der Waals surface area contributed by atoms with Gasteiger partial charge in [0.05, 0.1) is 19.8 Å². The first kappa shape index (κ1) is 17.8. The summed E-state index contributed by atoms with van der Waals surface area (Å²) < 4.78 is 12.2. The zero-order chi connectivity index (χ0) is 17.0. The van der Waals surface area contributed by atoms with E-state index in [4.69, 9.17) is 14.3 Å². The molecule has 0 aromatic carbocycles. The molecule has 0 amide bonds. The van der Waals surface area contributed by atoms with E-state index in [2.05, 4.69) is 4.98 Å². The molecule has 0 radical (unpaired) electrons. The Balaban J connectivity index is 2.14. The van der Waals surface area contributed by atoms with Crippen molar-refractivity contribution in [2.45, 2.75) is 24.5 Å². The van der Waals surface area contributed by atoms with Crippen LogP contribution in [0.5, 0.6) is 0 Å². The third-order valence-corrected chi connectivity index (χ3v) is 3.36. The van der Waals surface area contributed by atoms with Gasteiger partial charge < -0.3 is 19.7 Å². The number of ether oxygens (including phenoxy) is 2. The number of aromatic amines is 1. The minimum Gasteiger partial charge on any atom is -0.394 e. The van der Waals surface area contributed by atoms with Crippen LogP contribution in [0.3, 0.4) is 0 Å². The van der Waals surface area contributed by atoms with E-state index in [1.165, 1.54) is 11.3 Å². The zero-order valence-corrected chi connectivity index (χ0v) is 12.9. The number of hydrogen-bond acceptors (Lipinski definition) is 8. The monoisotopic (exact) mass is 331 g/mol. The van der Waals surface area contributed by atoms with Crippen molar-refractivity contribution >= 4 is 0 Å². The van der Waals surface area contributed by atoms with Crippen LogP contribution in [0, 0.1) is 0 Å². The summed E-state index contributed by atoms with van der Waals surface area (Å²) in [5, 5.41) is 21.0. The first-order valence-corrected chi connectivity index (χ1v) is 7.11. The van der Waals surface area contributed by atoms with Crippen LogP contribution in [-0.4, -0.2) is 77.1 Å². The third-order valence-electron chi connectivity index (χ3n) is 3.36. The van der Waals surface area contributed by atoms with Gasteiger partial charge in [0.2, 0.25) is 0 Å². The zero-order valence-electron chi connectivity index (χ0n) is 12.9. The molecule has 2 unspecified atom stereocenters. The average Bonchev–Trinajstić information content (AvgIpc) is 2.80.